The van der Waals surface area contributed by atoms with Gasteiger partial charge in [-0.15, -0.1) is 0 Å². The van der Waals surface area contributed by atoms with Crippen molar-refractivity contribution in [2.45, 2.75) is 37.6 Å². The van der Waals surface area contributed by atoms with Gasteiger partial charge in [0, 0.05) is 13.3 Å². The largest absolute Gasteiger partial charge is 0.508 e. The van der Waals surface area contributed by atoms with Gasteiger partial charge in [-0.25, -0.2) is 0 Å². The molecule has 2 rings (SSSR count). The molecule has 0 heterocycles. The number of carbonyl (C=O) groups excluding carboxylic acids is 3. The molecular formula is C25H28N4O5. The van der Waals surface area contributed by atoms with E-state index in [1.54, 1.807) is 18.2 Å². The van der Waals surface area contributed by atoms with Gasteiger partial charge in [0.15, 0.2) is 11.6 Å². The Morgan fingerprint density at radius 3 is 2.41 bits per heavy atom. The molecule has 0 spiro atoms. The van der Waals surface area contributed by atoms with E-state index in [-0.39, 0.29) is 19.0 Å². The lowest BCUT2D eigenvalue weighted by atomic mass is 9.80. The monoisotopic (exact) mass is 464 g/mol. The van der Waals surface area contributed by atoms with Gasteiger partial charge >= 0.3 is 0 Å². The number of ether oxygens (including phenoxy) is 1. The average molecular weight is 465 g/mol. The van der Waals surface area contributed by atoms with Gasteiger partial charge in [-0.1, -0.05) is 48.5 Å². The molecule has 3 atom stereocenters. The highest BCUT2D eigenvalue weighted by Gasteiger charge is 2.45. The molecule has 9 nitrogen and oxygen atoms in total. The second-order valence-electron chi connectivity index (χ2n) is 7.82. The highest BCUT2D eigenvalue weighted by atomic mass is 16.5. The van der Waals surface area contributed by atoms with Gasteiger partial charge in [0.25, 0.3) is 0 Å². The van der Waals surface area contributed by atoms with Gasteiger partial charge in [0.1, 0.15) is 17.3 Å². The molecule has 0 fully saturated rings. The number of hydrogen-bond donors (Lipinski definition) is 4. The van der Waals surface area contributed by atoms with E-state index in [1.807, 2.05) is 30.3 Å². The third kappa shape index (κ3) is 7.64. The fraction of sp³-hybridized carbons (Fsp3) is 0.280. The minimum atomic E-state index is -2.17. The van der Waals surface area contributed by atoms with E-state index in [9.17, 15) is 19.5 Å². The maximum absolute atomic E-state index is 13.4. The summed E-state index contributed by atoms with van der Waals surface area (Å²) in [6, 6.07) is 14.6. The number of ketones is 2. The van der Waals surface area contributed by atoms with Gasteiger partial charge in [0.2, 0.25) is 5.91 Å². The molecular weight excluding hydrogens is 436 g/mol. The number of rotatable bonds is 12. The van der Waals surface area contributed by atoms with Crippen molar-refractivity contribution in [3.8, 4) is 11.8 Å². The van der Waals surface area contributed by atoms with Crippen LogP contribution < -0.4 is 16.8 Å². The molecule has 2 aromatic carbocycles. The molecule has 6 N–H and O–H groups in total. The summed E-state index contributed by atoms with van der Waals surface area (Å²) in [6.45, 7) is 1.17. The van der Waals surface area contributed by atoms with Crippen LogP contribution in [0.5, 0.6) is 5.75 Å². The predicted molar refractivity (Wildman–Crippen MR) is 126 cm³/mol. The predicted octanol–water partition coefficient (Wildman–Crippen LogP) is 1.20. The molecule has 0 saturated carbocycles. The van der Waals surface area contributed by atoms with Gasteiger partial charge in [-0.05, 0) is 29.3 Å². The van der Waals surface area contributed by atoms with Crippen LogP contribution in [-0.2, 0) is 25.7 Å². The third-order valence-electron chi connectivity index (χ3n) is 5.00. The highest BCUT2D eigenvalue weighted by molar-refractivity contribution is 6.18. The van der Waals surface area contributed by atoms with Crippen molar-refractivity contribution in [2.75, 3.05) is 6.61 Å². The first kappa shape index (κ1) is 26.4. The van der Waals surface area contributed by atoms with E-state index in [0.717, 1.165) is 11.6 Å². The molecule has 0 aromatic heterocycles. The van der Waals surface area contributed by atoms with E-state index in [4.69, 9.17) is 21.5 Å². The fourth-order valence-electron chi connectivity index (χ4n) is 3.23. The second kappa shape index (κ2) is 12.4. The fourth-order valence-corrected chi connectivity index (χ4v) is 3.23. The van der Waals surface area contributed by atoms with Crippen molar-refractivity contribution >= 4 is 23.5 Å². The van der Waals surface area contributed by atoms with Crippen molar-refractivity contribution in [3.63, 3.8) is 0 Å². The molecule has 0 saturated heterocycles. The number of hydrogen-bond acceptors (Lipinski definition) is 8. The number of Topliss-reactive ketones (excluding diaryl/α,β-unsaturated/α-hetero) is 1. The summed E-state index contributed by atoms with van der Waals surface area (Å²) in [5.74, 6) is -2.06. The molecule has 0 aliphatic carbocycles. The lowest BCUT2D eigenvalue weighted by molar-refractivity contribution is -0.137. The van der Waals surface area contributed by atoms with Crippen molar-refractivity contribution in [2.24, 2.45) is 11.5 Å². The van der Waals surface area contributed by atoms with Crippen molar-refractivity contribution in [3.05, 3.63) is 71.8 Å². The van der Waals surface area contributed by atoms with Crippen LogP contribution >= 0.6 is 0 Å². The number of amides is 1. The number of nitrogens with one attached hydrogen (secondary N) is 1. The summed E-state index contributed by atoms with van der Waals surface area (Å²) in [5, 5.41) is 21.0. The Bertz CT molecular complexity index is 1060. The number of benzene rings is 2. The number of aromatic hydroxyl groups is 1. The Morgan fingerprint density at radius 1 is 1.18 bits per heavy atom. The summed E-state index contributed by atoms with van der Waals surface area (Å²) in [6.07, 6.45) is 2.09. The Morgan fingerprint density at radius 2 is 1.82 bits per heavy atom. The summed E-state index contributed by atoms with van der Waals surface area (Å²) < 4.78 is 5.61. The first-order valence-electron chi connectivity index (χ1n) is 10.5. The molecule has 178 valence electrons. The number of nitrogens with zero attached hydrogens (tertiary/aromatic N) is 1. The normalized spacial score (nSPS) is 14.5. The molecule has 0 bridgehead atoms. The number of phenols is 1. The zero-order valence-electron chi connectivity index (χ0n) is 18.8. The Labute approximate surface area is 198 Å². The van der Waals surface area contributed by atoms with E-state index >= 15 is 0 Å². The van der Waals surface area contributed by atoms with Crippen LogP contribution in [0.2, 0.25) is 0 Å². The van der Waals surface area contributed by atoms with Crippen LogP contribution in [0.1, 0.15) is 24.5 Å². The Balaban J connectivity index is 2.26. The maximum Gasteiger partial charge on any atom is 0.217 e. The average Bonchev–Trinajstić information content (AvgIpc) is 2.82. The molecule has 0 radical (unpaired) electrons. The summed E-state index contributed by atoms with van der Waals surface area (Å²) in [4.78, 5) is 38.3. The smallest absolute Gasteiger partial charge is 0.217 e. The second-order valence-corrected chi connectivity index (χ2v) is 7.82. The van der Waals surface area contributed by atoms with Crippen molar-refractivity contribution < 1.29 is 24.2 Å². The van der Waals surface area contributed by atoms with Crippen LogP contribution in [0.15, 0.2) is 60.7 Å². The SMILES string of the molecule is CC(=O)N[C@@H](COCc1ccccc1)C(=O)C(N)(CC(N)C#N)C(=O)/C=C/c1ccc(O)cc1. The standard InChI is InChI=1S/C25H28N4O5/c1-17(30)29-22(16-34-15-19-5-3-2-4-6-19)24(33)25(28,13-20(27)14-26)23(32)12-9-18-7-10-21(31)11-8-18/h2-12,20,22,31H,13,15-16,27-28H2,1H3,(H,29,30)/b12-9+/t20?,22-,25?/m0/s1. The minimum absolute atomic E-state index is 0.0560. The topological polar surface area (TPSA) is 169 Å². The molecule has 0 aliphatic heterocycles. The number of phenolic OH excluding ortho intramolecular Hbond substituents is 1. The zero-order chi connectivity index (χ0) is 25.1. The first-order valence-corrected chi connectivity index (χ1v) is 10.5. The lowest BCUT2D eigenvalue weighted by Gasteiger charge is -2.30. The van der Waals surface area contributed by atoms with Gasteiger partial charge in [0.05, 0.1) is 25.3 Å². The van der Waals surface area contributed by atoms with Crippen LogP contribution in [0.4, 0.5) is 0 Å². The van der Waals surface area contributed by atoms with Crippen LogP contribution in [-0.4, -0.2) is 46.8 Å². The van der Waals surface area contributed by atoms with Crippen molar-refractivity contribution in [1.82, 2.24) is 5.32 Å². The van der Waals surface area contributed by atoms with Gasteiger partial charge < -0.3 is 26.6 Å². The molecule has 2 unspecified atom stereocenters. The number of nitrogens with two attached hydrogens (primary N) is 2. The lowest BCUT2D eigenvalue weighted by Crippen LogP contribution is -2.63. The van der Waals surface area contributed by atoms with E-state index in [2.05, 4.69) is 5.32 Å². The van der Waals surface area contributed by atoms with Gasteiger partial charge in [-0.3, -0.25) is 14.4 Å². The Hall–Kier alpha value is -3.84. The molecule has 2 aromatic rings. The third-order valence-corrected chi connectivity index (χ3v) is 5.00. The molecule has 1 amide bonds. The zero-order valence-corrected chi connectivity index (χ0v) is 18.8. The van der Waals surface area contributed by atoms with Crippen LogP contribution in [0.25, 0.3) is 6.08 Å². The maximum atomic E-state index is 13.4. The summed E-state index contributed by atoms with van der Waals surface area (Å²) in [5.41, 5.74) is 11.3. The van der Waals surface area contributed by atoms with E-state index in [0.29, 0.717) is 5.56 Å². The van der Waals surface area contributed by atoms with E-state index in [1.165, 1.54) is 25.1 Å². The number of nitriles is 1. The first-order chi connectivity index (χ1) is 16.2. The Kier molecular flexibility index (Phi) is 9.64. The van der Waals surface area contributed by atoms with Crippen LogP contribution in [0.3, 0.4) is 0 Å². The molecule has 0 aliphatic rings. The minimum Gasteiger partial charge on any atom is -0.508 e. The van der Waals surface area contributed by atoms with Crippen molar-refractivity contribution in [1.29, 1.82) is 5.26 Å². The van der Waals surface area contributed by atoms with Crippen LogP contribution in [0, 0.1) is 11.3 Å². The van der Waals surface area contributed by atoms with E-state index < -0.39 is 41.5 Å². The molecule has 34 heavy (non-hydrogen) atoms. The van der Waals surface area contributed by atoms with Gasteiger partial charge in [-0.2, -0.15) is 5.26 Å². The summed E-state index contributed by atoms with van der Waals surface area (Å²) in [7, 11) is 0. The number of carbonyl (C=O) groups is 3. The molecule has 9 heteroatoms. The highest BCUT2D eigenvalue weighted by Crippen LogP contribution is 2.18. The summed E-state index contributed by atoms with van der Waals surface area (Å²) >= 11 is 0. The quantitative estimate of drug-likeness (QED) is 0.268.